The van der Waals surface area contributed by atoms with E-state index in [2.05, 4.69) is 26.8 Å². The van der Waals surface area contributed by atoms with E-state index in [0.717, 1.165) is 63.0 Å². The van der Waals surface area contributed by atoms with Gasteiger partial charge in [0.1, 0.15) is 5.75 Å². The summed E-state index contributed by atoms with van der Waals surface area (Å²) in [6.45, 7) is 8.66. The smallest absolute Gasteiger partial charge is 0.500 e. The Bertz CT molecular complexity index is 441. The van der Waals surface area contributed by atoms with E-state index in [1.807, 2.05) is 12.1 Å². The van der Waals surface area contributed by atoms with Gasteiger partial charge in [-0.1, -0.05) is 52.2 Å². The van der Waals surface area contributed by atoms with Gasteiger partial charge in [0, 0.05) is 25.9 Å². The summed E-state index contributed by atoms with van der Waals surface area (Å²) in [5, 5.41) is 9.64. The molecule has 0 amide bonds. The Morgan fingerprint density at radius 3 is 1.81 bits per heavy atom. The maximum absolute atomic E-state index is 9.64. The predicted molar refractivity (Wildman–Crippen MR) is 110 cm³/mol. The fourth-order valence-corrected chi connectivity index (χ4v) is 5.34. The normalized spacial score (nSPS) is 11.8. The molecule has 0 unspecified atom stereocenters. The SMILES string of the molecule is CCCCO[Si](CCCc1cccc(O)c1)(OCCCC)OCCCC. The summed E-state index contributed by atoms with van der Waals surface area (Å²) in [7, 11) is -2.64. The van der Waals surface area contributed by atoms with Gasteiger partial charge in [-0.25, -0.2) is 0 Å². The molecule has 0 aliphatic heterocycles. The molecular formula is C21H38O4Si. The van der Waals surface area contributed by atoms with Gasteiger partial charge in [0.2, 0.25) is 0 Å². The fourth-order valence-electron chi connectivity index (χ4n) is 2.68. The fraction of sp³-hybridized carbons (Fsp3) is 0.714. The molecule has 0 radical (unpaired) electrons. The zero-order chi connectivity index (χ0) is 19.1. The summed E-state index contributed by atoms with van der Waals surface area (Å²) in [6, 6.07) is 8.31. The highest BCUT2D eigenvalue weighted by atomic mass is 28.4. The molecule has 0 bridgehead atoms. The van der Waals surface area contributed by atoms with Gasteiger partial charge in [-0.15, -0.1) is 0 Å². The topological polar surface area (TPSA) is 47.9 Å². The minimum atomic E-state index is -2.64. The lowest BCUT2D eigenvalue weighted by Crippen LogP contribution is -2.46. The maximum atomic E-state index is 9.64. The second-order valence-electron chi connectivity index (χ2n) is 6.81. The molecule has 0 heterocycles. The summed E-state index contributed by atoms with van der Waals surface area (Å²) in [5.41, 5.74) is 1.14. The number of aromatic hydroxyl groups is 1. The molecule has 1 rings (SSSR count). The summed E-state index contributed by atoms with van der Waals surface area (Å²) < 4.78 is 18.8. The van der Waals surface area contributed by atoms with Crippen LogP contribution in [0.2, 0.25) is 6.04 Å². The Labute approximate surface area is 161 Å². The third-order valence-corrected chi connectivity index (χ3v) is 7.22. The Kier molecular flexibility index (Phi) is 12.7. The molecule has 150 valence electrons. The van der Waals surface area contributed by atoms with Crippen LogP contribution in [0.1, 0.15) is 71.3 Å². The molecular weight excluding hydrogens is 344 g/mol. The first-order chi connectivity index (χ1) is 12.7. The highest BCUT2D eigenvalue weighted by Gasteiger charge is 2.40. The first-order valence-electron chi connectivity index (χ1n) is 10.4. The van der Waals surface area contributed by atoms with Crippen LogP contribution in [-0.4, -0.2) is 33.7 Å². The van der Waals surface area contributed by atoms with E-state index in [4.69, 9.17) is 13.3 Å². The van der Waals surface area contributed by atoms with Crippen molar-refractivity contribution in [2.45, 2.75) is 78.2 Å². The van der Waals surface area contributed by atoms with Crippen molar-refractivity contribution in [1.29, 1.82) is 0 Å². The molecule has 4 nitrogen and oxygen atoms in total. The number of aryl methyl sites for hydroxylation is 1. The molecule has 26 heavy (non-hydrogen) atoms. The van der Waals surface area contributed by atoms with E-state index in [1.165, 1.54) is 0 Å². The second kappa shape index (κ2) is 14.2. The molecule has 0 aliphatic carbocycles. The molecule has 1 aromatic rings. The molecule has 0 saturated heterocycles. The molecule has 0 fully saturated rings. The monoisotopic (exact) mass is 382 g/mol. The van der Waals surface area contributed by atoms with Crippen LogP contribution in [-0.2, 0) is 19.7 Å². The minimum absolute atomic E-state index is 0.323. The number of hydrogen-bond donors (Lipinski definition) is 1. The third-order valence-electron chi connectivity index (χ3n) is 4.32. The first kappa shape index (κ1) is 23.2. The van der Waals surface area contributed by atoms with Gasteiger partial charge >= 0.3 is 8.80 Å². The highest BCUT2D eigenvalue weighted by Crippen LogP contribution is 2.22. The molecule has 5 heteroatoms. The highest BCUT2D eigenvalue weighted by molar-refractivity contribution is 6.60. The van der Waals surface area contributed by atoms with Crippen LogP contribution in [0.15, 0.2) is 24.3 Å². The van der Waals surface area contributed by atoms with E-state index < -0.39 is 8.80 Å². The van der Waals surface area contributed by atoms with Crippen molar-refractivity contribution in [1.82, 2.24) is 0 Å². The second-order valence-corrected chi connectivity index (χ2v) is 9.54. The lowest BCUT2D eigenvalue weighted by molar-refractivity contribution is 0.0558. The van der Waals surface area contributed by atoms with Crippen LogP contribution < -0.4 is 0 Å². The van der Waals surface area contributed by atoms with E-state index in [1.54, 1.807) is 6.07 Å². The molecule has 0 aromatic heterocycles. The van der Waals surface area contributed by atoms with Crippen LogP contribution in [0.5, 0.6) is 5.75 Å². The maximum Gasteiger partial charge on any atom is 0.500 e. The van der Waals surface area contributed by atoms with Gasteiger partial charge in [0.05, 0.1) is 0 Å². The zero-order valence-corrected chi connectivity index (χ0v) is 18.0. The molecule has 0 saturated carbocycles. The van der Waals surface area contributed by atoms with Gasteiger partial charge in [0.15, 0.2) is 0 Å². The summed E-state index contributed by atoms with van der Waals surface area (Å²) in [5.74, 6) is 0.323. The Morgan fingerprint density at radius 1 is 0.808 bits per heavy atom. The van der Waals surface area contributed by atoms with E-state index in [9.17, 15) is 5.11 Å². The van der Waals surface area contributed by atoms with Crippen molar-refractivity contribution in [3.63, 3.8) is 0 Å². The number of unbranched alkanes of at least 4 members (excludes halogenated alkanes) is 3. The van der Waals surface area contributed by atoms with Crippen molar-refractivity contribution >= 4 is 8.80 Å². The summed E-state index contributed by atoms with van der Waals surface area (Å²) >= 11 is 0. The van der Waals surface area contributed by atoms with Crippen molar-refractivity contribution in [3.05, 3.63) is 29.8 Å². The Hall–Kier alpha value is -0.883. The average molecular weight is 383 g/mol. The molecule has 1 N–H and O–H groups in total. The number of phenols is 1. The van der Waals surface area contributed by atoms with E-state index in [-0.39, 0.29) is 0 Å². The number of benzene rings is 1. The van der Waals surface area contributed by atoms with Gasteiger partial charge in [-0.05, 0) is 49.8 Å². The quantitative estimate of drug-likeness (QED) is 0.294. The first-order valence-corrected chi connectivity index (χ1v) is 12.3. The van der Waals surface area contributed by atoms with Crippen molar-refractivity contribution in [2.24, 2.45) is 0 Å². The van der Waals surface area contributed by atoms with Gasteiger partial charge < -0.3 is 18.4 Å². The van der Waals surface area contributed by atoms with Crippen molar-refractivity contribution in [3.8, 4) is 5.75 Å². The van der Waals surface area contributed by atoms with Crippen LogP contribution >= 0.6 is 0 Å². The minimum Gasteiger partial charge on any atom is -0.508 e. The zero-order valence-electron chi connectivity index (χ0n) is 17.0. The molecule has 0 spiro atoms. The van der Waals surface area contributed by atoms with Gasteiger partial charge in [-0.3, -0.25) is 0 Å². The molecule has 1 aromatic carbocycles. The standard InChI is InChI=1S/C21H38O4Si/c1-4-7-15-23-26(24-16-8-5-2,25-17-9-6-3)18-11-13-20-12-10-14-21(22)19-20/h10,12,14,19,22H,4-9,11,13,15-18H2,1-3H3. The average Bonchev–Trinajstić information content (AvgIpc) is 2.62. The lowest BCUT2D eigenvalue weighted by Gasteiger charge is -2.30. The van der Waals surface area contributed by atoms with Crippen LogP contribution in [0.25, 0.3) is 0 Å². The Morgan fingerprint density at radius 2 is 1.35 bits per heavy atom. The van der Waals surface area contributed by atoms with Crippen LogP contribution in [0, 0.1) is 0 Å². The Balaban J connectivity index is 2.68. The van der Waals surface area contributed by atoms with Crippen LogP contribution in [0.3, 0.4) is 0 Å². The van der Waals surface area contributed by atoms with E-state index >= 15 is 0 Å². The molecule has 0 atom stereocenters. The number of phenolic OH excluding ortho intramolecular Hbond substituents is 1. The van der Waals surface area contributed by atoms with Gasteiger partial charge in [-0.2, -0.15) is 0 Å². The summed E-state index contributed by atoms with van der Waals surface area (Å²) in [4.78, 5) is 0. The molecule has 0 aliphatic rings. The number of rotatable bonds is 16. The van der Waals surface area contributed by atoms with Crippen LogP contribution in [0.4, 0.5) is 0 Å². The summed E-state index contributed by atoms with van der Waals surface area (Å²) in [6.07, 6.45) is 8.28. The van der Waals surface area contributed by atoms with Crippen molar-refractivity contribution in [2.75, 3.05) is 19.8 Å². The number of hydrogen-bond acceptors (Lipinski definition) is 4. The van der Waals surface area contributed by atoms with Crippen molar-refractivity contribution < 1.29 is 18.4 Å². The van der Waals surface area contributed by atoms with Gasteiger partial charge in [0.25, 0.3) is 0 Å². The largest absolute Gasteiger partial charge is 0.508 e. The lowest BCUT2D eigenvalue weighted by atomic mass is 10.1. The predicted octanol–water partition coefficient (Wildman–Crippen LogP) is 5.71. The third kappa shape index (κ3) is 9.71. The van der Waals surface area contributed by atoms with E-state index in [0.29, 0.717) is 25.6 Å².